The first-order chi connectivity index (χ1) is 11.1. The summed E-state index contributed by atoms with van der Waals surface area (Å²) < 4.78 is 8.61. The molecule has 0 saturated heterocycles. The molecule has 0 amide bonds. The first-order valence-electron chi connectivity index (χ1n) is 8.25. The molecule has 1 aliphatic rings. The highest BCUT2D eigenvalue weighted by Crippen LogP contribution is 2.44. The molecule has 3 rings (SSSR count). The summed E-state index contributed by atoms with van der Waals surface area (Å²) in [5.41, 5.74) is 4.34. The fourth-order valence-corrected chi connectivity index (χ4v) is 4.38. The van der Waals surface area contributed by atoms with Crippen molar-refractivity contribution in [3.8, 4) is 0 Å². The van der Waals surface area contributed by atoms with Gasteiger partial charge in [-0.3, -0.25) is 4.79 Å². The van der Waals surface area contributed by atoms with Gasteiger partial charge >= 0.3 is 0 Å². The van der Waals surface area contributed by atoms with Crippen molar-refractivity contribution in [1.82, 2.24) is 0 Å². The Bertz CT molecular complexity index is 758. The molecular formula is C19H24NO2S+. The van der Waals surface area contributed by atoms with E-state index in [2.05, 4.69) is 48.9 Å². The van der Waals surface area contributed by atoms with E-state index in [1.165, 1.54) is 27.0 Å². The average molecular weight is 330 g/mol. The van der Waals surface area contributed by atoms with E-state index in [-0.39, 0.29) is 5.41 Å². The van der Waals surface area contributed by atoms with Gasteiger partial charge in [-0.25, -0.2) is 0 Å². The second-order valence-electron chi connectivity index (χ2n) is 6.68. The van der Waals surface area contributed by atoms with E-state index >= 15 is 0 Å². The van der Waals surface area contributed by atoms with E-state index in [1.807, 2.05) is 11.3 Å². The van der Waals surface area contributed by atoms with Crippen LogP contribution in [0.1, 0.15) is 45.6 Å². The van der Waals surface area contributed by atoms with Crippen LogP contribution in [0.3, 0.4) is 0 Å². The summed E-state index contributed by atoms with van der Waals surface area (Å²) in [5.74, 6) is 0. The molecule has 0 bridgehead atoms. The molecule has 0 atom stereocenters. The molecule has 122 valence electrons. The normalized spacial score (nSPS) is 16.0. The van der Waals surface area contributed by atoms with Crippen LogP contribution in [0.5, 0.6) is 0 Å². The first kappa shape index (κ1) is 16.2. The zero-order valence-corrected chi connectivity index (χ0v) is 14.9. The maximum absolute atomic E-state index is 10.2. The first-order valence-corrected chi connectivity index (χ1v) is 9.13. The van der Waals surface area contributed by atoms with Gasteiger partial charge in [0.05, 0.1) is 12.0 Å². The Morgan fingerprint density at radius 2 is 2.04 bits per heavy atom. The predicted molar refractivity (Wildman–Crippen MR) is 96.2 cm³/mol. The van der Waals surface area contributed by atoms with Gasteiger partial charge < -0.3 is 4.74 Å². The number of carbonyl (C=O) groups is 1. The number of ether oxygens (including phenoxy) is 1. The number of carbonyl (C=O) groups excluding carboxylic acids is 1. The van der Waals surface area contributed by atoms with Gasteiger partial charge in [-0.05, 0) is 44.2 Å². The van der Waals surface area contributed by atoms with Gasteiger partial charge in [0.2, 0.25) is 5.69 Å². The molecule has 0 N–H and O–H groups in total. The minimum absolute atomic E-state index is 0.0799. The molecule has 0 fully saturated rings. The van der Waals surface area contributed by atoms with Gasteiger partial charge in [-0.2, -0.15) is 4.58 Å². The van der Waals surface area contributed by atoms with E-state index < -0.39 is 0 Å². The van der Waals surface area contributed by atoms with Gasteiger partial charge in [0, 0.05) is 35.1 Å². The van der Waals surface area contributed by atoms with Crippen molar-refractivity contribution in [2.24, 2.45) is 0 Å². The van der Waals surface area contributed by atoms with Crippen LogP contribution in [0, 0.1) is 0 Å². The summed E-state index contributed by atoms with van der Waals surface area (Å²) in [6.07, 6.45) is 3.12. The molecule has 1 aromatic carbocycles. The Morgan fingerprint density at radius 3 is 2.83 bits per heavy atom. The van der Waals surface area contributed by atoms with Crippen molar-refractivity contribution in [3.63, 3.8) is 0 Å². The molecule has 3 nitrogen and oxygen atoms in total. The Hall–Kier alpha value is -1.68. The number of thiophene rings is 1. The summed E-state index contributed by atoms with van der Waals surface area (Å²) in [7, 11) is 0. The smallest absolute Gasteiger partial charge is 0.293 e. The Morgan fingerprint density at radius 1 is 1.22 bits per heavy atom. The van der Waals surface area contributed by atoms with Gasteiger partial charge in [-0.1, -0.05) is 0 Å². The molecule has 23 heavy (non-hydrogen) atoms. The van der Waals surface area contributed by atoms with Crippen LogP contribution in [-0.4, -0.2) is 29.9 Å². The van der Waals surface area contributed by atoms with E-state index in [0.29, 0.717) is 13.1 Å². The molecular weight excluding hydrogens is 306 g/mol. The number of benzene rings is 1. The molecule has 0 radical (unpaired) electrons. The summed E-state index contributed by atoms with van der Waals surface area (Å²) in [6, 6.07) is 6.79. The molecule has 0 saturated carbocycles. The summed E-state index contributed by atoms with van der Waals surface area (Å²) in [5, 5.41) is 3.59. The SMILES string of the molecule is CC1=[N+](CCCCCOC=O)c2ccc3sccc3c2C1(C)C. The lowest BCUT2D eigenvalue weighted by Crippen LogP contribution is -2.26. The highest BCUT2D eigenvalue weighted by atomic mass is 32.1. The number of nitrogens with zero attached hydrogens (tertiary/aromatic N) is 1. The third-order valence-corrected chi connectivity index (χ3v) is 5.93. The predicted octanol–water partition coefficient (Wildman–Crippen LogP) is 4.64. The van der Waals surface area contributed by atoms with Crippen molar-refractivity contribution in [1.29, 1.82) is 0 Å². The molecule has 4 heteroatoms. The Balaban J connectivity index is 1.81. The molecule has 2 heterocycles. The van der Waals surface area contributed by atoms with Crippen molar-refractivity contribution in [3.05, 3.63) is 29.1 Å². The van der Waals surface area contributed by atoms with E-state index in [4.69, 9.17) is 4.74 Å². The third-order valence-electron chi connectivity index (χ3n) is 5.05. The Labute approximate surface area is 141 Å². The molecule has 2 aromatic rings. The van der Waals surface area contributed by atoms with E-state index in [0.717, 1.165) is 25.8 Å². The second kappa shape index (κ2) is 6.44. The standard InChI is InChI=1S/C19H24NO2S/c1-14-19(2,3)18-15-9-12-23-17(15)8-7-16(18)20(14)10-5-4-6-11-22-13-21/h7-9,12-13H,4-6,10-11H2,1-3H3/q+1. The lowest BCUT2D eigenvalue weighted by molar-refractivity contribution is -0.439. The van der Waals surface area contributed by atoms with E-state index in [9.17, 15) is 4.79 Å². The van der Waals surface area contributed by atoms with Crippen LogP contribution in [-0.2, 0) is 14.9 Å². The monoisotopic (exact) mass is 330 g/mol. The van der Waals surface area contributed by atoms with Crippen LogP contribution in [0.2, 0.25) is 0 Å². The van der Waals surface area contributed by atoms with Crippen molar-refractivity contribution in [2.75, 3.05) is 13.2 Å². The maximum Gasteiger partial charge on any atom is 0.293 e. The van der Waals surface area contributed by atoms with Crippen LogP contribution < -0.4 is 0 Å². The highest BCUT2D eigenvalue weighted by molar-refractivity contribution is 7.17. The molecule has 0 aliphatic carbocycles. The van der Waals surface area contributed by atoms with E-state index in [1.54, 1.807) is 0 Å². The number of hydrogen-bond donors (Lipinski definition) is 0. The fraction of sp³-hybridized carbons (Fsp3) is 0.474. The van der Waals surface area contributed by atoms with Gasteiger partial charge in [0.1, 0.15) is 6.54 Å². The van der Waals surface area contributed by atoms with Crippen LogP contribution >= 0.6 is 11.3 Å². The maximum atomic E-state index is 10.2. The zero-order valence-electron chi connectivity index (χ0n) is 14.1. The fourth-order valence-electron chi connectivity index (χ4n) is 3.58. The van der Waals surface area contributed by atoms with Gasteiger partial charge in [0.25, 0.3) is 6.47 Å². The lowest BCUT2D eigenvalue weighted by Gasteiger charge is -2.15. The van der Waals surface area contributed by atoms with Crippen molar-refractivity contribution >= 4 is 39.3 Å². The largest absolute Gasteiger partial charge is 0.468 e. The second-order valence-corrected chi connectivity index (χ2v) is 7.63. The number of fused-ring (bicyclic) bond motifs is 3. The minimum Gasteiger partial charge on any atom is -0.468 e. The van der Waals surface area contributed by atoms with Crippen LogP contribution in [0.25, 0.3) is 10.1 Å². The number of unbranched alkanes of at least 4 members (excludes halogenated alkanes) is 2. The number of rotatable bonds is 7. The summed E-state index contributed by atoms with van der Waals surface area (Å²) in [6.45, 7) is 9.01. The summed E-state index contributed by atoms with van der Waals surface area (Å²) in [4.78, 5) is 10.2. The van der Waals surface area contributed by atoms with Gasteiger partial charge in [-0.15, -0.1) is 11.3 Å². The topological polar surface area (TPSA) is 29.3 Å². The van der Waals surface area contributed by atoms with Crippen LogP contribution in [0.4, 0.5) is 5.69 Å². The Kier molecular flexibility index (Phi) is 4.53. The van der Waals surface area contributed by atoms with Gasteiger partial charge in [0.15, 0.2) is 5.71 Å². The third kappa shape index (κ3) is 2.80. The number of hydrogen-bond acceptors (Lipinski definition) is 3. The van der Waals surface area contributed by atoms with Crippen molar-refractivity contribution in [2.45, 2.75) is 45.4 Å². The summed E-state index contributed by atoms with van der Waals surface area (Å²) >= 11 is 1.82. The quantitative estimate of drug-likeness (QED) is 0.420. The van der Waals surface area contributed by atoms with Crippen LogP contribution in [0.15, 0.2) is 23.6 Å². The molecule has 0 spiro atoms. The molecule has 0 unspecified atom stereocenters. The highest BCUT2D eigenvalue weighted by Gasteiger charge is 2.44. The molecule has 1 aromatic heterocycles. The minimum atomic E-state index is 0.0799. The lowest BCUT2D eigenvalue weighted by atomic mass is 9.81. The zero-order chi connectivity index (χ0) is 16.4. The molecule has 1 aliphatic heterocycles. The van der Waals surface area contributed by atoms with Crippen molar-refractivity contribution < 1.29 is 14.1 Å². The average Bonchev–Trinajstić information content (AvgIpc) is 3.07.